The lowest BCUT2D eigenvalue weighted by atomic mass is 9.65. The van der Waals surface area contributed by atoms with Crippen LogP contribution in [0.5, 0.6) is 0 Å². The van der Waals surface area contributed by atoms with E-state index in [1.54, 1.807) is 0 Å². The molecule has 0 amide bonds. The van der Waals surface area contributed by atoms with Crippen molar-refractivity contribution in [2.24, 2.45) is 5.41 Å². The molecule has 1 aromatic heterocycles. The third-order valence-electron chi connectivity index (χ3n) is 3.37. The Balaban J connectivity index is 2.67. The minimum Gasteiger partial charge on any atom is -0.478 e. The van der Waals surface area contributed by atoms with Gasteiger partial charge in [0.15, 0.2) is 0 Å². The molecule has 4 heteroatoms. The number of carboxylic acids is 1. The van der Waals surface area contributed by atoms with Crippen molar-refractivity contribution in [3.05, 3.63) is 20.3 Å². The number of hydrogen-bond donors (Lipinski definition) is 1. The maximum atomic E-state index is 11.3. The zero-order chi connectivity index (χ0) is 13.0. The van der Waals surface area contributed by atoms with Gasteiger partial charge >= 0.3 is 5.97 Å². The van der Waals surface area contributed by atoms with E-state index in [9.17, 15) is 9.90 Å². The third-order valence-corrected chi connectivity index (χ3v) is 5.18. The van der Waals surface area contributed by atoms with E-state index in [2.05, 4.69) is 27.7 Å². The number of hydrogen-bond acceptors (Lipinski definition) is 2. The Bertz CT molecular complexity index is 486. The summed E-state index contributed by atoms with van der Waals surface area (Å²) in [5.41, 5.74) is 1.42. The molecule has 0 saturated heterocycles. The van der Waals surface area contributed by atoms with Crippen LogP contribution in [0.4, 0.5) is 0 Å². The van der Waals surface area contributed by atoms with Crippen molar-refractivity contribution in [1.29, 1.82) is 0 Å². The first-order valence-corrected chi connectivity index (χ1v) is 6.88. The molecular formula is C13H17ClO2S. The van der Waals surface area contributed by atoms with Crippen LogP contribution in [0.3, 0.4) is 0 Å². The van der Waals surface area contributed by atoms with Crippen molar-refractivity contribution in [3.8, 4) is 0 Å². The molecule has 0 unspecified atom stereocenters. The molecule has 2 nitrogen and oxygen atoms in total. The predicted molar refractivity (Wildman–Crippen MR) is 71.4 cm³/mol. The van der Waals surface area contributed by atoms with E-state index in [0.29, 0.717) is 9.90 Å². The van der Waals surface area contributed by atoms with Crippen LogP contribution in [-0.4, -0.2) is 11.1 Å². The van der Waals surface area contributed by atoms with E-state index in [-0.39, 0.29) is 10.8 Å². The highest BCUT2D eigenvalue weighted by Crippen LogP contribution is 2.51. The van der Waals surface area contributed by atoms with Gasteiger partial charge in [-0.3, -0.25) is 0 Å². The summed E-state index contributed by atoms with van der Waals surface area (Å²) in [7, 11) is 0. The summed E-state index contributed by atoms with van der Waals surface area (Å²) in [4.78, 5) is 12.5. The van der Waals surface area contributed by atoms with Crippen LogP contribution in [0.15, 0.2) is 0 Å². The predicted octanol–water partition coefficient (Wildman–Crippen LogP) is 4.35. The number of halogens is 1. The number of fused-ring (bicyclic) bond motifs is 1. The SMILES string of the molecule is CC1(C)Cc2c(sc(Cl)c2C(=O)O)C(C)(C)C1. The maximum absolute atomic E-state index is 11.3. The average molecular weight is 273 g/mol. The number of thiophene rings is 1. The number of carboxylic acid groups (broad SMARTS) is 1. The fourth-order valence-corrected chi connectivity index (χ4v) is 4.74. The van der Waals surface area contributed by atoms with E-state index in [1.807, 2.05) is 0 Å². The Morgan fingerprint density at radius 2 is 1.94 bits per heavy atom. The molecule has 1 aliphatic carbocycles. The molecule has 1 heterocycles. The van der Waals surface area contributed by atoms with E-state index >= 15 is 0 Å². The van der Waals surface area contributed by atoms with Gasteiger partial charge in [0, 0.05) is 4.88 Å². The second kappa shape index (κ2) is 3.72. The lowest BCUT2D eigenvalue weighted by Gasteiger charge is -2.40. The molecular weight excluding hydrogens is 256 g/mol. The first kappa shape index (κ1) is 12.9. The monoisotopic (exact) mass is 272 g/mol. The van der Waals surface area contributed by atoms with Crippen molar-refractivity contribution in [3.63, 3.8) is 0 Å². The van der Waals surface area contributed by atoms with Gasteiger partial charge in [-0.2, -0.15) is 0 Å². The second-order valence-electron chi connectivity index (χ2n) is 6.27. The molecule has 0 bridgehead atoms. The molecule has 1 aromatic rings. The molecule has 1 N–H and O–H groups in total. The zero-order valence-corrected chi connectivity index (χ0v) is 12.1. The Hall–Kier alpha value is -0.540. The van der Waals surface area contributed by atoms with Crippen LogP contribution >= 0.6 is 22.9 Å². The number of rotatable bonds is 1. The summed E-state index contributed by atoms with van der Waals surface area (Å²) in [5, 5.41) is 9.27. The molecule has 1 aliphatic rings. The highest BCUT2D eigenvalue weighted by molar-refractivity contribution is 7.17. The topological polar surface area (TPSA) is 37.3 Å². The first-order chi connectivity index (χ1) is 7.64. The molecule has 0 aliphatic heterocycles. The number of aromatic carboxylic acids is 1. The normalized spacial score (nSPS) is 21.0. The fraction of sp³-hybridized carbons (Fsp3) is 0.615. The second-order valence-corrected chi connectivity index (χ2v) is 7.89. The van der Waals surface area contributed by atoms with Crippen molar-refractivity contribution >= 4 is 28.9 Å². The van der Waals surface area contributed by atoms with Gasteiger partial charge in [0.25, 0.3) is 0 Å². The van der Waals surface area contributed by atoms with Gasteiger partial charge in [-0.25, -0.2) is 4.79 Å². The van der Waals surface area contributed by atoms with Crippen molar-refractivity contribution in [1.82, 2.24) is 0 Å². The number of carbonyl (C=O) groups is 1. The quantitative estimate of drug-likeness (QED) is 0.825. The Labute approximate surface area is 111 Å². The van der Waals surface area contributed by atoms with Gasteiger partial charge in [-0.1, -0.05) is 39.3 Å². The van der Waals surface area contributed by atoms with Crippen molar-refractivity contribution in [2.45, 2.75) is 46.0 Å². The largest absolute Gasteiger partial charge is 0.478 e. The molecule has 0 radical (unpaired) electrons. The summed E-state index contributed by atoms with van der Waals surface area (Å²) in [6.45, 7) is 8.72. The highest BCUT2D eigenvalue weighted by atomic mass is 35.5. The van der Waals surface area contributed by atoms with Crippen LogP contribution in [0.25, 0.3) is 0 Å². The lowest BCUT2D eigenvalue weighted by molar-refractivity contribution is 0.0695. The fourth-order valence-electron chi connectivity index (χ4n) is 3.18. The van der Waals surface area contributed by atoms with Crippen LogP contribution in [0.2, 0.25) is 4.34 Å². The van der Waals surface area contributed by atoms with Crippen molar-refractivity contribution in [2.75, 3.05) is 0 Å². The molecule has 0 fully saturated rings. The van der Waals surface area contributed by atoms with Gasteiger partial charge in [0.05, 0.1) is 5.56 Å². The minimum absolute atomic E-state index is 0.0130. The zero-order valence-electron chi connectivity index (χ0n) is 10.6. The van der Waals surface area contributed by atoms with Gasteiger partial charge in [-0.05, 0) is 29.2 Å². The Morgan fingerprint density at radius 1 is 1.35 bits per heavy atom. The van der Waals surface area contributed by atoms with Crippen LogP contribution < -0.4 is 0 Å². The molecule has 2 rings (SSSR count). The van der Waals surface area contributed by atoms with Gasteiger partial charge < -0.3 is 5.11 Å². The summed E-state index contributed by atoms with van der Waals surface area (Å²) in [6, 6.07) is 0. The van der Waals surface area contributed by atoms with E-state index < -0.39 is 5.97 Å². The highest BCUT2D eigenvalue weighted by Gasteiger charge is 2.41. The lowest BCUT2D eigenvalue weighted by Crippen LogP contribution is -2.34. The Morgan fingerprint density at radius 3 is 2.47 bits per heavy atom. The molecule has 0 spiro atoms. The third kappa shape index (κ3) is 2.11. The smallest absolute Gasteiger partial charge is 0.338 e. The first-order valence-electron chi connectivity index (χ1n) is 5.69. The maximum Gasteiger partial charge on any atom is 0.338 e. The minimum atomic E-state index is -0.902. The summed E-state index contributed by atoms with van der Waals surface area (Å²) >= 11 is 7.53. The standard InChI is InChI=1S/C13H17ClO2S/c1-12(2)5-7-8(11(15)16)10(14)17-9(7)13(3,4)6-12/h5-6H2,1-4H3,(H,15,16). The van der Waals surface area contributed by atoms with Crippen LogP contribution in [-0.2, 0) is 11.8 Å². The summed E-state index contributed by atoms with van der Waals surface area (Å²) in [6.07, 6.45) is 1.86. The Kier molecular flexibility index (Phi) is 2.83. The van der Waals surface area contributed by atoms with E-state index in [4.69, 9.17) is 11.6 Å². The van der Waals surface area contributed by atoms with Gasteiger partial charge in [-0.15, -0.1) is 11.3 Å². The van der Waals surface area contributed by atoms with E-state index in [0.717, 1.165) is 23.3 Å². The van der Waals surface area contributed by atoms with Gasteiger partial charge in [0.1, 0.15) is 4.34 Å². The van der Waals surface area contributed by atoms with Crippen LogP contribution in [0.1, 0.15) is 54.9 Å². The molecule has 0 aromatic carbocycles. The molecule has 17 heavy (non-hydrogen) atoms. The molecule has 94 valence electrons. The summed E-state index contributed by atoms with van der Waals surface area (Å²) in [5.74, 6) is -0.902. The summed E-state index contributed by atoms with van der Waals surface area (Å²) < 4.78 is 0.424. The van der Waals surface area contributed by atoms with Gasteiger partial charge in [0.2, 0.25) is 0 Å². The van der Waals surface area contributed by atoms with E-state index in [1.165, 1.54) is 11.3 Å². The molecule has 0 saturated carbocycles. The van der Waals surface area contributed by atoms with Crippen LogP contribution in [0, 0.1) is 5.41 Å². The molecule has 0 atom stereocenters. The average Bonchev–Trinajstić information content (AvgIpc) is 2.38. The van der Waals surface area contributed by atoms with Crippen molar-refractivity contribution < 1.29 is 9.90 Å².